The lowest BCUT2D eigenvalue weighted by molar-refractivity contribution is 0.580. The van der Waals surface area contributed by atoms with Gasteiger partial charge in [-0.1, -0.05) is 31.8 Å². The molecule has 0 aliphatic heterocycles. The van der Waals surface area contributed by atoms with Crippen LogP contribution in [0.25, 0.3) is 0 Å². The molecule has 0 heterocycles. The first-order valence-corrected chi connectivity index (χ1v) is 5.71. The minimum atomic E-state index is 0.0460. The topological polar surface area (TPSA) is 0 Å². The van der Waals surface area contributed by atoms with Crippen LogP contribution in [0.5, 0.6) is 0 Å². The van der Waals surface area contributed by atoms with Gasteiger partial charge in [-0.2, -0.15) is 0 Å². The minimum Gasteiger partial charge on any atom is -0.143 e. The Balaban J connectivity index is 3.68. The van der Waals surface area contributed by atoms with Crippen LogP contribution in [-0.2, 0) is 5.41 Å². The summed E-state index contributed by atoms with van der Waals surface area (Å²) in [5.74, 6) is 0. The molecule has 15 heavy (non-hydrogen) atoms. The van der Waals surface area contributed by atoms with E-state index in [0.717, 1.165) is 10.4 Å². The van der Waals surface area contributed by atoms with E-state index in [-0.39, 0.29) is 5.41 Å². The Morgan fingerprint density at radius 3 is 1.80 bits per heavy atom. The van der Waals surface area contributed by atoms with E-state index in [9.17, 15) is 0 Å². The lowest BCUT2D eigenvalue weighted by Crippen LogP contribution is -2.27. The number of benzene rings is 1. The zero-order valence-electron chi connectivity index (χ0n) is 10.5. The fourth-order valence-corrected chi connectivity index (χ4v) is 2.55. The van der Waals surface area contributed by atoms with Crippen molar-refractivity contribution in [1.82, 2.24) is 0 Å². The first-order chi connectivity index (χ1) is 6.68. The van der Waals surface area contributed by atoms with Crippen LogP contribution < -0.4 is 5.46 Å². The predicted molar refractivity (Wildman–Crippen MR) is 72.0 cm³/mol. The van der Waals surface area contributed by atoms with E-state index in [1.54, 1.807) is 0 Å². The molecule has 2 heteroatoms. The van der Waals surface area contributed by atoms with E-state index in [4.69, 9.17) is 7.85 Å². The third-order valence-corrected chi connectivity index (χ3v) is 3.70. The van der Waals surface area contributed by atoms with Crippen LogP contribution in [0.15, 0.2) is 4.90 Å². The summed E-state index contributed by atoms with van der Waals surface area (Å²) in [5, 5.41) is 0. The molecule has 0 fully saturated rings. The second kappa shape index (κ2) is 3.90. The van der Waals surface area contributed by atoms with Crippen LogP contribution in [-0.4, -0.2) is 7.85 Å². The SMILES string of the molecule is [B]c1c(C)c(C)c(C)c(S)c1C(C)(C)C. The zero-order chi connectivity index (χ0) is 12.0. The highest BCUT2D eigenvalue weighted by Gasteiger charge is 2.22. The normalized spacial score (nSPS) is 11.9. The van der Waals surface area contributed by atoms with Gasteiger partial charge in [0.2, 0.25) is 0 Å². The third kappa shape index (κ3) is 2.10. The molecule has 0 nitrogen and oxygen atoms in total. The summed E-state index contributed by atoms with van der Waals surface area (Å²) in [6, 6.07) is 0. The van der Waals surface area contributed by atoms with Crippen LogP contribution in [0.4, 0.5) is 0 Å². The summed E-state index contributed by atoms with van der Waals surface area (Å²) in [6.45, 7) is 12.8. The summed E-state index contributed by atoms with van der Waals surface area (Å²) in [6.07, 6.45) is 0. The molecule has 0 spiro atoms. The van der Waals surface area contributed by atoms with Crippen molar-refractivity contribution in [3.63, 3.8) is 0 Å². The number of rotatable bonds is 0. The molecule has 0 aromatic heterocycles. The lowest BCUT2D eigenvalue weighted by atomic mass is 9.73. The Kier molecular flexibility index (Phi) is 3.30. The molecular formula is C13H19BS. The molecular weight excluding hydrogens is 199 g/mol. The van der Waals surface area contributed by atoms with Crippen molar-refractivity contribution in [2.24, 2.45) is 0 Å². The molecule has 0 aliphatic carbocycles. The molecule has 1 rings (SSSR count). The predicted octanol–water partition coefficient (Wildman–Crippen LogP) is 2.99. The molecule has 0 aliphatic rings. The Bertz CT molecular complexity index is 371. The summed E-state index contributed by atoms with van der Waals surface area (Å²) in [7, 11) is 6.19. The Morgan fingerprint density at radius 2 is 1.40 bits per heavy atom. The maximum atomic E-state index is 6.19. The van der Waals surface area contributed by atoms with Crippen molar-refractivity contribution < 1.29 is 0 Å². The van der Waals surface area contributed by atoms with Gasteiger partial charge in [-0.15, -0.1) is 12.6 Å². The van der Waals surface area contributed by atoms with Crippen LogP contribution in [0.3, 0.4) is 0 Å². The molecule has 0 unspecified atom stereocenters. The second-order valence-corrected chi connectivity index (χ2v) is 5.71. The minimum absolute atomic E-state index is 0.0460. The van der Waals surface area contributed by atoms with Crippen LogP contribution in [0.1, 0.15) is 43.0 Å². The number of thiol groups is 1. The van der Waals surface area contributed by atoms with Gasteiger partial charge in [0.1, 0.15) is 7.85 Å². The zero-order valence-corrected chi connectivity index (χ0v) is 11.4. The molecule has 0 amide bonds. The summed E-state index contributed by atoms with van der Waals surface area (Å²) in [4.78, 5) is 1.04. The molecule has 80 valence electrons. The molecule has 0 N–H and O–H groups in total. The largest absolute Gasteiger partial charge is 0.143 e. The van der Waals surface area contributed by atoms with Gasteiger partial charge in [0.25, 0.3) is 0 Å². The average Bonchev–Trinajstić information content (AvgIpc) is 2.09. The van der Waals surface area contributed by atoms with Crippen molar-refractivity contribution in [1.29, 1.82) is 0 Å². The second-order valence-electron chi connectivity index (χ2n) is 5.26. The summed E-state index contributed by atoms with van der Waals surface area (Å²) in [5.41, 5.74) is 5.81. The van der Waals surface area contributed by atoms with Crippen LogP contribution in [0, 0.1) is 20.8 Å². The van der Waals surface area contributed by atoms with Gasteiger partial charge in [0.15, 0.2) is 0 Å². The maximum absolute atomic E-state index is 6.19. The Labute approximate surface area is 100 Å². The molecule has 0 atom stereocenters. The first-order valence-electron chi connectivity index (χ1n) is 5.26. The molecule has 2 radical (unpaired) electrons. The van der Waals surface area contributed by atoms with E-state index in [1.807, 2.05) is 0 Å². The fourth-order valence-electron chi connectivity index (χ4n) is 1.92. The highest BCUT2D eigenvalue weighted by atomic mass is 32.1. The smallest absolute Gasteiger partial charge is 0.114 e. The molecule has 0 bridgehead atoms. The van der Waals surface area contributed by atoms with Gasteiger partial charge >= 0.3 is 0 Å². The van der Waals surface area contributed by atoms with Crippen LogP contribution >= 0.6 is 12.6 Å². The Morgan fingerprint density at radius 1 is 0.933 bits per heavy atom. The fraction of sp³-hybridized carbons (Fsp3) is 0.538. The van der Waals surface area contributed by atoms with Crippen molar-refractivity contribution in [2.45, 2.75) is 51.9 Å². The van der Waals surface area contributed by atoms with Crippen LogP contribution in [0.2, 0.25) is 0 Å². The van der Waals surface area contributed by atoms with E-state index in [2.05, 4.69) is 54.2 Å². The van der Waals surface area contributed by atoms with E-state index < -0.39 is 0 Å². The standard InChI is InChI=1S/C13H19BS/c1-7-8(2)11(14)10(13(4,5)6)12(15)9(7)3/h15H,1-6H3. The monoisotopic (exact) mass is 218 g/mol. The van der Waals surface area contributed by atoms with Gasteiger partial charge < -0.3 is 0 Å². The maximum Gasteiger partial charge on any atom is 0.114 e. The van der Waals surface area contributed by atoms with Gasteiger partial charge in [-0.25, -0.2) is 0 Å². The van der Waals surface area contributed by atoms with Crippen molar-refractivity contribution in [3.8, 4) is 0 Å². The quantitative estimate of drug-likeness (QED) is 0.502. The van der Waals surface area contributed by atoms with Crippen molar-refractivity contribution in [2.75, 3.05) is 0 Å². The first kappa shape index (κ1) is 12.7. The number of hydrogen-bond donors (Lipinski definition) is 1. The van der Waals surface area contributed by atoms with E-state index >= 15 is 0 Å². The van der Waals surface area contributed by atoms with E-state index in [0.29, 0.717) is 0 Å². The summed E-state index contributed by atoms with van der Waals surface area (Å²) >= 11 is 4.61. The number of hydrogen-bond acceptors (Lipinski definition) is 1. The molecule has 1 aromatic rings. The average molecular weight is 218 g/mol. The highest BCUT2D eigenvalue weighted by molar-refractivity contribution is 7.80. The molecule has 0 saturated carbocycles. The van der Waals surface area contributed by atoms with Gasteiger partial charge in [0.05, 0.1) is 0 Å². The highest BCUT2D eigenvalue weighted by Crippen LogP contribution is 2.31. The lowest BCUT2D eigenvalue weighted by Gasteiger charge is -2.28. The van der Waals surface area contributed by atoms with Crippen molar-refractivity contribution >= 4 is 25.9 Å². The van der Waals surface area contributed by atoms with Gasteiger partial charge in [-0.05, 0) is 42.9 Å². The molecule has 0 saturated heterocycles. The third-order valence-electron chi connectivity index (χ3n) is 3.14. The van der Waals surface area contributed by atoms with E-state index in [1.165, 1.54) is 22.3 Å². The van der Waals surface area contributed by atoms with Crippen molar-refractivity contribution in [3.05, 3.63) is 22.3 Å². The molecule has 1 aromatic carbocycles. The Hall–Kier alpha value is -0.365. The summed E-state index contributed by atoms with van der Waals surface area (Å²) < 4.78 is 0. The van der Waals surface area contributed by atoms with Gasteiger partial charge in [-0.3, -0.25) is 0 Å². The van der Waals surface area contributed by atoms with Gasteiger partial charge in [0, 0.05) is 4.90 Å².